The number of nitrogens with zero attached hydrogens (tertiary/aromatic N) is 1. The molecule has 3 nitrogen and oxygen atoms in total. The molecule has 0 unspecified atom stereocenters. The Balaban J connectivity index is 2.10. The van der Waals surface area contributed by atoms with Crippen LogP contribution >= 0.6 is 11.3 Å². The first-order valence-electron chi connectivity index (χ1n) is 7.19. The molecule has 0 radical (unpaired) electrons. The Bertz CT molecular complexity index is 583. The second kappa shape index (κ2) is 7.84. The molecule has 0 atom stereocenters. The number of hydrogen-bond donors (Lipinski definition) is 1. The van der Waals surface area contributed by atoms with E-state index in [1.165, 1.54) is 6.07 Å². The SMILES string of the molecule is CNCc1sc2cccc(F)c2c1COCCCN(C)C. The monoisotopic (exact) mass is 310 g/mol. The summed E-state index contributed by atoms with van der Waals surface area (Å²) in [5, 5.41) is 3.87. The van der Waals surface area contributed by atoms with Gasteiger partial charge in [0.2, 0.25) is 0 Å². The molecule has 1 N–H and O–H groups in total. The smallest absolute Gasteiger partial charge is 0.132 e. The van der Waals surface area contributed by atoms with E-state index in [9.17, 15) is 4.39 Å². The van der Waals surface area contributed by atoms with E-state index in [1.807, 2.05) is 27.2 Å². The Morgan fingerprint density at radius 1 is 1.33 bits per heavy atom. The summed E-state index contributed by atoms with van der Waals surface area (Å²) in [6.45, 7) is 2.92. The van der Waals surface area contributed by atoms with Crippen LogP contribution in [0.15, 0.2) is 18.2 Å². The maximum atomic E-state index is 14.1. The highest BCUT2D eigenvalue weighted by atomic mass is 32.1. The molecular formula is C16H23FN2OS. The summed E-state index contributed by atoms with van der Waals surface area (Å²) in [6.07, 6.45) is 0.985. The van der Waals surface area contributed by atoms with Crippen molar-refractivity contribution >= 4 is 21.4 Å². The minimum Gasteiger partial charge on any atom is -0.377 e. The summed E-state index contributed by atoms with van der Waals surface area (Å²) in [5.41, 5.74) is 0.993. The van der Waals surface area contributed by atoms with Crippen molar-refractivity contribution in [2.45, 2.75) is 19.6 Å². The third-order valence-electron chi connectivity index (χ3n) is 3.32. The molecule has 1 aromatic heterocycles. The molecule has 1 heterocycles. The summed E-state index contributed by atoms with van der Waals surface area (Å²) in [4.78, 5) is 3.29. The average molecular weight is 310 g/mol. The zero-order valence-electron chi connectivity index (χ0n) is 12.9. The third kappa shape index (κ3) is 4.23. The van der Waals surface area contributed by atoms with Crippen molar-refractivity contribution in [3.8, 4) is 0 Å². The molecule has 0 aliphatic carbocycles. The topological polar surface area (TPSA) is 24.5 Å². The Kier molecular flexibility index (Phi) is 6.11. The van der Waals surface area contributed by atoms with Crippen molar-refractivity contribution in [1.29, 1.82) is 0 Å². The van der Waals surface area contributed by atoms with Gasteiger partial charge in [-0.05, 0) is 46.2 Å². The molecule has 2 rings (SSSR count). The van der Waals surface area contributed by atoms with Gasteiger partial charge >= 0.3 is 0 Å². The maximum Gasteiger partial charge on any atom is 0.132 e. The van der Waals surface area contributed by atoms with Crippen LogP contribution in [0.25, 0.3) is 10.1 Å². The first-order valence-corrected chi connectivity index (χ1v) is 8.01. The van der Waals surface area contributed by atoms with Gasteiger partial charge in [0.1, 0.15) is 5.82 Å². The highest BCUT2D eigenvalue weighted by Gasteiger charge is 2.15. The lowest BCUT2D eigenvalue weighted by Crippen LogP contribution is -2.15. The minimum absolute atomic E-state index is 0.155. The van der Waals surface area contributed by atoms with E-state index in [2.05, 4.69) is 10.2 Å². The number of hydrogen-bond acceptors (Lipinski definition) is 4. The molecule has 0 saturated carbocycles. The standard InChI is InChI=1S/C16H23FN2OS/c1-18-10-15-12(11-20-9-5-8-19(2)3)16-13(17)6-4-7-14(16)21-15/h4,6-7,18H,5,8-11H2,1-3H3. The van der Waals surface area contributed by atoms with Gasteiger partial charge in [0.15, 0.2) is 0 Å². The van der Waals surface area contributed by atoms with Gasteiger partial charge in [-0.3, -0.25) is 0 Å². The Hall–Kier alpha value is -1.01. The van der Waals surface area contributed by atoms with Crippen LogP contribution in [-0.4, -0.2) is 39.2 Å². The number of benzene rings is 1. The predicted octanol–water partition coefficient (Wildman–Crippen LogP) is 3.23. The molecule has 21 heavy (non-hydrogen) atoms. The Labute approximate surface area is 129 Å². The molecule has 2 aromatic rings. The lowest BCUT2D eigenvalue weighted by atomic mass is 10.1. The van der Waals surface area contributed by atoms with Crippen LogP contribution in [0.5, 0.6) is 0 Å². The van der Waals surface area contributed by atoms with Crippen LogP contribution in [0.4, 0.5) is 4.39 Å². The van der Waals surface area contributed by atoms with E-state index >= 15 is 0 Å². The lowest BCUT2D eigenvalue weighted by Gasteiger charge is -2.10. The van der Waals surface area contributed by atoms with Gasteiger partial charge in [-0.25, -0.2) is 4.39 Å². The van der Waals surface area contributed by atoms with Gasteiger partial charge in [-0.15, -0.1) is 11.3 Å². The van der Waals surface area contributed by atoms with E-state index in [0.29, 0.717) is 13.2 Å². The molecule has 0 aliphatic heterocycles. The number of nitrogens with one attached hydrogen (secondary N) is 1. The molecular weight excluding hydrogens is 287 g/mol. The van der Waals surface area contributed by atoms with Gasteiger partial charge < -0.3 is 15.0 Å². The van der Waals surface area contributed by atoms with Crippen molar-refractivity contribution in [3.63, 3.8) is 0 Å². The minimum atomic E-state index is -0.155. The lowest BCUT2D eigenvalue weighted by molar-refractivity contribution is 0.113. The van der Waals surface area contributed by atoms with Crippen molar-refractivity contribution in [1.82, 2.24) is 10.2 Å². The fraction of sp³-hybridized carbons (Fsp3) is 0.500. The fourth-order valence-corrected chi connectivity index (χ4v) is 3.56. The maximum absolute atomic E-state index is 14.1. The zero-order valence-corrected chi connectivity index (χ0v) is 13.7. The van der Waals surface area contributed by atoms with Gasteiger partial charge in [-0.2, -0.15) is 0 Å². The second-order valence-electron chi connectivity index (χ2n) is 5.36. The molecule has 0 saturated heterocycles. The van der Waals surface area contributed by atoms with E-state index < -0.39 is 0 Å². The van der Waals surface area contributed by atoms with Gasteiger partial charge in [0, 0.05) is 33.7 Å². The van der Waals surface area contributed by atoms with E-state index in [4.69, 9.17) is 4.74 Å². The Morgan fingerprint density at radius 2 is 2.14 bits per heavy atom. The zero-order chi connectivity index (χ0) is 15.2. The van der Waals surface area contributed by atoms with E-state index in [1.54, 1.807) is 17.4 Å². The van der Waals surface area contributed by atoms with Crippen LogP contribution in [0.3, 0.4) is 0 Å². The summed E-state index contributed by atoms with van der Waals surface area (Å²) in [7, 11) is 6.00. The van der Waals surface area contributed by atoms with Crippen LogP contribution < -0.4 is 5.32 Å². The number of ether oxygens (including phenoxy) is 1. The molecule has 0 spiro atoms. The molecule has 5 heteroatoms. The molecule has 1 aromatic carbocycles. The number of fused-ring (bicyclic) bond motifs is 1. The molecule has 0 fully saturated rings. The summed E-state index contributed by atoms with van der Waals surface area (Å²) in [5.74, 6) is -0.155. The second-order valence-corrected chi connectivity index (χ2v) is 6.49. The normalized spacial score (nSPS) is 11.7. The first-order chi connectivity index (χ1) is 10.1. The predicted molar refractivity (Wildman–Crippen MR) is 87.4 cm³/mol. The highest BCUT2D eigenvalue weighted by Crippen LogP contribution is 2.33. The molecule has 116 valence electrons. The highest BCUT2D eigenvalue weighted by molar-refractivity contribution is 7.19. The average Bonchev–Trinajstić information content (AvgIpc) is 2.78. The summed E-state index contributed by atoms with van der Waals surface area (Å²) < 4.78 is 20.9. The van der Waals surface area contributed by atoms with Gasteiger partial charge in [0.25, 0.3) is 0 Å². The quantitative estimate of drug-likeness (QED) is 0.758. The fourth-order valence-electron chi connectivity index (χ4n) is 2.33. The van der Waals surface area contributed by atoms with Crippen molar-refractivity contribution in [2.75, 3.05) is 34.3 Å². The van der Waals surface area contributed by atoms with Crippen LogP contribution in [0.1, 0.15) is 16.9 Å². The first kappa shape index (κ1) is 16.4. The molecule has 0 aliphatic rings. The molecule has 0 amide bonds. The van der Waals surface area contributed by atoms with Crippen LogP contribution in [0.2, 0.25) is 0 Å². The number of thiophene rings is 1. The molecule has 0 bridgehead atoms. The number of halogens is 1. The van der Waals surface area contributed by atoms with Crippen molar-refractivity contribution in [3.05, 3.63) is 34.5 Å². The number of rotatable bonds is 8. The van der Waals surface area contributed by atoms with E-state index in [0.717, 1.165) is 40.0 Å². The van der Waals surface area contributed by atoms with Crippen molar-refractivity contribution < 1.29 is 9.13 Å². The van der Waals surface area contributed by atoms with Crippen LogP contribution in [-0.2, 0) is 17.9 Å². The largest absolute Gasteiger partial charge is 0.377 e. The third-order valence-corrected chi connectivity index (χ3v) is 4.52. The summed E-state index contributed by atoms with van der Waals surface area (Å²) >= 11 is 1.64. The van der Waals surface area contributed by atoms with Gasteiger partial charge in [0.05, 0.1) is 6.61 Å². The van der Waals surface area contributed by atoms with Gasteiger partial charge in [-0.1, -0.05) is 6.07 Å². The Morgan fingerprint density at radius 3 is 2.86 bits per heavy atom. The summed E-state index contributed by atoms with van der Waals surface area (Å²) in [6, 6.07) is 5.25. The van der Waals surface area contributed by atoms with Crippen molar-refractivity contribution in [2.24, 2.45) is 0 Å². The van der Waals surface area contributed by atoms with E-state index in [-0.39, 0.29) is 5.82 Å². The van der Waals surface area contributed by atoms with Crippen LogP contribution in [0, 0.1) is 5.82 Å².